The van der Waals surface area contributed by atoms with Crippen molar-refractivity contribution in [3.05, 3.63) is 107 Å². The van der Waals surface area contributed by atoms with E-state index in [-0.39, 0.29) is 78.2 Å². The fourth-order valence-electron chi connectivity index (χ4n) is 7.57. The maximum Gasteiger partial charge on any atom is 0.296 e. The number of hydrogen-bond donors (Lipinski definition) is 12. The Hall–Kier alpha value is -8.32. The summed E-state index contributed by atoms with van der Waals surface area (Å²) in [5.74, 6) is -2.83. The average molecular weight is 1280 g/mol. The van der Waals surface area contributed by atoms with Crippen LogP contribution in [-0.4, -0.2) is 88.1 Å². The van der Waals surface area contributed by atoms with Crippen molar-refractivity contribution >= 4 is 159 Å². The molecule has 0 aliphatic rings. The van der Waals surface area contributed by atoms with E-state index in [1.165, 1.54) is 18.2 Å². The number of phenolic OH excluding ortho intramolecular Hbond substituents is 3. The van der Waals surface area contributed by atoms with Crippen molar-refractivity contribution in [3.63, 3.8) is 0 Å². The molecule has 0 saturated heterocycles. The number of rotatable bonds is 20. The second kappa shape index (κ2) is 24.1. The van der Waals surface area contributed by atoms with Gasteiger partial charge in [0.2, 0.25) is 0 Å². The first-order valence-electron chi connectivity index (χ1n) is 21.6. The Balaban J connectivity index is 1.19. The first kappa shape index (κ1) is 61.7. The van der Waals surface area contributed by atoms with E-state index in [0.29, 0.717) is 18.2 Å². The number of azo groups is 4. The Bertz CT molecular complexity index is 4620. The summed E-state index contributed by atoms with van der Waals surface area (Å²) in [5, 5.41) is 128. The summed E-state index contributed by atoms with van der Waals surface area (Å²) in [6, 6.07) is 15.4. The topological polar surface area (TPSA) is 574 Å². The minimum absolute atomic E-state index is 0.0248. The molecule has 0 saturated carbocycles. The van der Waals surface area contributed by atoms with Crippen molar-refractivity contribution in [1.82, 2.24) is 0 Å². The molecule has 8 rings (SSSR count). The van der Waals surface area contributed by atoms with Crippen molar-refractivity contribution in [2.75, 3.05) is 16.2 Å². The lowest BCUT2D eigenvalue weighted by atomic mass is 10.0. The zero-order valence-electron chi connectivity index (χ0n) is 40.4. The van der Waals surface area contributed by atoms with Gasteiger partial charge in [-0.05, 0) is 113 Å². The highest BCUT2D eigenvalue weighted by molar-refractivity contribution is 7.95. The molecule has 0 spiro atoms. The van der Waals surface area contributed by atoms with Crippen molar-refractivity contribution in [1.29, 1.82) is 0 Å². The summed E-state index contributed by atoms with van der Waals surface area (Å²) in [4.78, 5) is -4.83. The molecule has 0 fully saturated rings. The molecule has 0 atom stereocenters. The lowest BCUT2D eigenvalue weighted by Crippen LogP contribution is -2.08. The Morgan fingerprint density at radius 3 is 1.38 bits per heavy atom. The van der Waals surface area contributed by atoms with Crippen molar-refractivity contribution in [2.45, 2.75) is 29.4 Å². The zero-order valence-corrected chi connectivity index (χ0v) is 45.3. The van der Waals surface area contributed by atoms with Gasteiger partial charge >= 0.3 is 0 Å². The molecule has 84 heavy (non-hydrogen) atoms. The zero-order chi connectivity index (χ0) is 61.4. The van der Waals surface area contributed by atoms with Gasteiger partial charge in [-0.25, -0.2) is 10.5 Å². The molecular formula is C42H29N11O25S6-2. The maximum absolute atomic E-state index is 12.8. The van der Waals surface area contributed by atoms with E-state index in [2.05, 4.69) is 59.7 Å². The fraction of sp³-hybridized carbons (Fsp3) is 0. The van der Waals surface area contributed by atoms with Crippen molar-refractivity contribution in [2.24, 2.45) is 40.9 Å². The Labute approximate surface area is 475 Å². The molecule has 0 aliphatic heterocycles. The molecule has 13 N–H and O–H groups in total. The molecule has 0 unspecified atom stereocenters. The van der Waals surface area contributed by atoms with E-state index in [1.54, 1.807) is 0 Å². The lowest BCUT2D eigenvalue weighted by Gasteiger charge is -2.22. The summed E-state index contributed by atoms with van der Waals surface area (Å²) in [6.07, 6.45) is 0. The maximum atomic E-state index is 12.8. The Kier molecular flexibility index (Phi) is 17.7. The van der Waals surface area contributed by atoms with Crippen LogP contribution in [0, 0.1) is 10.4 Å². The molecule has 36 nitrogen and oxygen atoms in total. The van der Waals surface area contributed by atoms with Gasteiger partial charge in [-0.15, -0.1) is 39.4 Å². The smallest absolute Gasteiger partial charge is 0.296 e. The van der Waals surface area contributed by atoms with E-state index in [4.69, 9.17) is 16.2 Å². The molecule has 0 aromatic heterocycles. The highest BCUT2D eigenvalue weighted by atomic mass is 32.2. The molecule has 42 heteroatoms. The van der Waals surface area contributed by atoms with E-state index in [1.807, 2.05) is 0 Å². The lowest BCUT2D eigenvalue weighted by molar-refractivity contribution is -0.432. The molecule has 440 valence electrons. The molecule has 0 aliphatic carbocycles. The highest BCUT2D eigenvalue weighted by Crippen LogP contribution is 2.50. The van der Waals surface area contributed by atoms with Crippen LogP contribution in [0.4, 0.5) is 62.6 Å². The highest BCUT2D eigenvalue weighted by Gasteiger charge is 2.29. The minimum Gasteiger partial charge on any atom is -0.733 e. The largest absolute Gasteiger partial charge is 0.733 e. The molecule has 8 aromatic carbocycles. The van der Waals surface area contributed by atoms with Gasteiger partial charge in [0.25, 0.3) is 40.5 Å². The Morgan fingerprint density at radius 2 is 0.857 bits per heavy atom. The van der Waals surface area contributed by atoms with Gasteiger partial charge in [-0.2, -0.15) is 43.9 Å². The van der Waals surface area contributed by atoms with Gasteiger partial charge in [-0.3, -0.25) is 28.6 Å². The predicted molar refractivity (Wildman–Crippen MR) is 287 cm³/mol. The van der Waals surface area contributed by atoms with Gasteiger partial charge in [0.1, 0.15) is 53.7 Å². The quantitative estimate of drug-likeness (QED) is 0.00842. The van der Waals surface area contributed by atoms with Crippen LogP contribution in [0.3, 0.4) is 0 Å². The number of nitrogen functional groups attached to an aromatic ring is 1. The van der Waals surface area contributed by atoms with Crippen LogP contribution in [-0.2, 0) is 59.2 Å². The van der Waals surface area contributed by atoms with Crippen LogP contribution < -0.4 is 16.2 Å². The average Bonchev–Trinajstić information content (AvgIpc) is 1.04. The molecule has 0 bridgehead atoms. The number of fused-ring (bicyclic) bond motifs is 3. The summed E-state index contributed by atoms with van der Waals surface area (Å²) < 4.78 is 150. The molecule has 0 amide bonds. The third-order valence-electron chi connectivity index (χ3n) is 11.2. The van der Waals surface area contributed by atoms with E-state index in [0.717, 1.165) is 60.7 Å². The number of benzene rings is 8. The number of anilines is 3. The summed E-state index contributed by atoms with van der Waals surface area (Å²) >= 11 is 0.447. The first-order valence-corrected chi connectivity index (χ1v) is 28.8. The number of hydrogen-bond acceptors (Lipinski definition) is 34. The van der Waals surface area contributed by atoms with E-state index >= 15 is 0 Å². The standard InChI is InChI=1S/C42H29N11O25S6/c43-35-34-19(13-31(82(66,67)68)37(35)49-44-21-2-6-25-18(10-21)12-32(83(69,70)71)38(41(25)55)51-46-26-7-3-22(52(57)58)15-28(26)79-77-75-61)14-33(84(72,73)74)39(42(34)56)50-45-20-1-5-24-17(9-20)11-29(80-78-76-62)36(40(24)54)48-47-27-8-4-23(53(59)60)16-30(27)81(63,64)65/h1-16,54-57,59,61-62H,43H2,(H,63,64,65)(H,66,67,68)(H,69,70,71)(H,72,73,74)/q-2. The Morgan fingerprint density at radius 1 is 0.440 bits per heavy atom. The van der Waals surface area contributed by atoms with Gasteiger partial charge in [0.05, 0.1) is 67.7 Å². The van der Waals surface area contributed by atoms with Crippen LogP contribution in [0.25, 0.3) is 32.3 Å². The van der Waals surface area contributed by atoms with E-state index in [9.17, 15) is 88.0 Å². The number of nitrogens with two attached hydrogens (primary N) is 1. The summed E-state index contributed by atoms with van der Waals surface area (Å²) in [6.45, 7) is 0. The first-order chi connectivity index (χ1) is 39.4. The van der Waals surface area contributed by atoms with Gasteiger partial charge in [-0.1, -0.05) is 10.1 Å². The SMILES string of the molecule is Nc1c(N=Nc2ccc3c(O)c(N=Nc4ccc(N([O-])O)cc4SOOO)c(S(=O)(=O)O)cc3c2)c(S(=O)(=O)O)cc2cc(S(=O)(=O)O)c(N=Nc3ccc4c(O)c(N=Nc5ccc(N([O-])O)cc5S(=O)(=O)O)c(SOOO)cc4c3)c(O)c12. The van der Waals surface area contributed by atoms with Gasteiger partial charge in [0, 0.05) is 10.8 Å². The van der Waals surface area contributed by atoms with E-state index < -0.39 is 138 Å². The third-order valence-corrected chi connectivity index (χ3v) is 15.9. The number of nitrogens with zero attached hydrogens (tertiary/aromatic N) is 10. The number of phenols is 3. The normalized spacial score (nSPS) is 12.8. The van der Waals surface area contributed by atoms with Crippen LogP contribution in [0.2, 0.25) is 0 Å². The molecule has 0 radical (unpaired) electrons. The van der Waals surface area contributed by atoms with Crippen LogP contribution in [0.1, 0.15) is 0 Å². The third kappa shape index (κ3) is 13.2. The van der Waals surface area contributed by atoms with Crippen LogP contribution in [0.5, 0.6) is 17.2 Å². The minimum atomic E-state index is -5.44. The van der Waals surface area contributed by atoms with Crippen molar-refractivity contribution in [3.8, 4) is 17.2 Å². The second-order valence-corrected chi connectivity index (χ2v) is 23.3. The molecular weight excluding hydrogens is 1250 g/mol. The van der Waals surface area contributed by atoms with Gasteiger partial charge < -0.3 is 41.9 Å². The fourth-order valence-corrected chi connectivity index (χ4v) is 11.2. The molecule has 0 heterocycles. The predicted octanol–water partition coefficient (Wildman–Crippen LogP) is 10.7. The monoisotopic (exact) mass is 1280 g/mol. The van der Waals surface area contributed by atoms with Gasteiger partial charge in [0.15, 0.2) is 17.2 Å². The van der Waals surface area contributed by atoms with Crippen molar-refractivity contribution < 1.29 is 107 Å². The second-order valence-electron chi connectivity index (χ2n) is 16.3. The summed E-state index contributed by atoms with van der Waals surface area (Å²) in [7, 11) is -21.2. The van der Waals surface area contributed by atoms with Crippen LogP contribution >= 0.6 is 24.1 Å². The summed E-state index contributed by atoms with van der Waals surface area (Å²) in [5.41, 5.74) is -0.115. The molecule has 8 aromatic rings. The van der Waals surface area contributed by atoms with Crippen LogP contribution in [0.15, 0.2) is 167 Å². The number of aromatic hydroxyl groups is 3.